The summed E-state index contributed by atoms with van der Waals surface area (Å²) in [6.45, 7) is -0.0132. The summed E-state index contributed by atoms with van der Waals surface area (Å²) in [6, 6.07) is -1.04. The molecule has 158 valence electrons. The summed E-state index contributed by atoms with van der Waals surface area (Å²) in [5.74, 6) is -0.484. The van der Waals surface area contributed by atoms with Gasteiger partial charge < -0.3 is 54.9 Å². The second-order valence-electron chi connectivity index (χ2n) is 6.48. The van der Waals surface area contributed by atoms with Gasteiger partial charge in [0.25, 0.3) is 0 Å². The van der Waals surface area contributed by atoms with Crippen LogP contribution >= 0.6 is 0 Å². The van der Waals surface area contributed by atoms with Gasteiger partial charge in [-0.2, -0.15) is 0 Å². The van der Waals surface area contributed by atoms with Crippen LogP contribution in [0.15, 0.2) is 0 Å². The van der Waals surface area contributed by atoms with E-state index in [1.165, 1.54) is 14.0 Å². The van der Waals surface area contributed by atoms with Crippen molar-refractivity contribution in [2.75, 3.05) is 20.3 Å². The molecule has 2 fully saturated rings. The van der Waals surface area contributed by atoms with E-state index in [0.717, 1.165) is 0 Å². The van der Waals surface area contributed by atoms with E-state index in [1.54, 1.807) is 0 Å². The molecule has 0 saturated carbocycles. The van der Waals surface area contributed by atoms with E-state index in [-0.39, 0.29) is 0 Å². The fraction of sp³-hybridized carbons (Fsp3) is 0.933. The molecule has 12 nitrogen and oxygen atoms in total. The first-order valence-corrected chi connectivity index (χ1v) is 8.45. The van der Waals surface area contributed by atoms with Crippen molar-refractivity contribution in [3.63, 3.8) is 0 Å². The minimum absolute atomic E-state index is 0.484. The molecule has 1 amide bonds. The molecule has 7 N–H and O–H groups in total. The maximum Gasteiger partial charge on any atom is 0.217 e. The van der Waals surface area contributed by atoms with Crippen molar-refractivity contribution < 1.29 is 54.4 Å². The Morgan fingerprint density at radius 3 is 2.00 bits per heavy atom. The maximum absolute atomic E-state index is 11.5. The highest BCUT2D eigenvalue weighted by atomic mass is 16.7. The molecule has 0 aliphatic carbocycles. The third kappa shape index (κ3) is 4.74. The predicted octanol–water partition coefficient (Wildman–Crippen LogP) is -4.60. The molecule has 2 heterocycles. The van der Waals surface area contributed by atoms with Crippen molar-refractivity contribution in [3.8, 4) is 0 Å². The Bertz CT molecular complexity index is 492. The van der Waals surface area contributed by atoms with Gasteiger partial charge in [0.1, 0.15) is 48.8 Å². The average Bonchev–Trinajstić information content (AvgIpc) is 2.64. The Morgan fingerprint density at radius 2 is 1.48 bits per heavy atom. The Hall–Kier alpha value is -0.930. The minimum Gasteiger partial charge on any atom is -0.394 e. The maximum atomic E-state index is 11.5. The van der Waals surface area contributed by atoms with Crippen LogP contribution in [-0.2, 0) is 23.7 Å². The van der Waals surface area contributed by atoms with Crippen molar-refractivity contribution in [3.05, 3.63) is 0 Å². The number of carbonyl (C=O) groups is 1. The molecule has 0 radical (unpaired) electrons. The van der Waals surface area contributed by atoms with Crippen LogP contribution in [0.5, 0.6) is 0 Å². The van der Waals surface area contributed by atoms with E-state index < -0.39 is 80.5 Å². The number of nitrogens with one attached hydrogen (secondary N) is 1. The Kier molecular flexibility index (Phi) is 7.88. The summed E-state index contributed by atoms with van der Waals surface area (Å²) in [6.07, 6.45) is -12.7. The third-order valence-electron chi connectivity index (χ3n) is 4.60. The summed E-state index contributed by atoms with van der Waals surface area (Å²) in [7, 11) is 1.29. The number of hydrogen-bond donors (Lipinski definition) is 7. The van der Waals surface area contributed by atoms with Crippen LogP contribution in [0.1, 0.15) is 6.92 Å². The van der Waals surface area contributed by atoms with Crippen LogP contribution in [0.25, 0.3) is 0 Å². The van der Waals surface area contributed by atoms with Crippen molar-refractivity contribution in [2.24, 2.45) is 0 Å². The molecule has 0 unspecified atom stereocenters. The fourth-order valence-electron chi connectivity index (χ4n) is 3.15. The number of rotatable bonds is 6. The molecule has 12 heteroatoms. The first-order valence-electron chi connectivity index (χ1n) is 8.45. The Labute approximate surface area is 155 Å². The van der Waals surface area contributed by atoms with E-state index in [9.17, 15) is 35.4 Å². The van der Waals surface area contributed by atoms with Crippen LogP contribution in [-0.4, -0.2) is 118 Å². The summed E-state index contributed by atoms with van der Waals surface area (Å²) >= 11 is 0. The van der Waals surface area contributed by atoms with Crippen molar-refractivity contribution in [1.29, 1.82) is 0 Å². The molecule has 2 aliphatic rings. The lowest BCUT2D eigenvalue weighted by molar-refractivity contribution is -0.343. The number of aliphatic hydroxyl groups excluding tert-OH is 6. The third-order valence-corrected chi connectivity index (χ3v) is 4.60. The Morgan fingerprint density at radius 1 is 0.926 bits per heavy atom. The molecule has 0 spiro atoms. The van der Waals surface area contributed by atoms with Crippen LogP contribution < -0.4 is 5.32 Å². The predicted molar refractivity (Wildman–Crippen MR) is 85.0 cm³/mol. The highest BCUT2D eigenvalue weighted by Crippen LogP contribution is 2.29. The van der Waals surface area contributed by atoms with Crippen molar-refractivity contribution in [2.45, 2.75) is 68.3 Å². The number of hydrogen-bond acceptors (Lipinski definition) is 11. The van der Waals surface area contributed by atoms with E-state index >= 15 is 0 Å². The highest BCUT2D eigenvalue weighted by Gasteiger charge is 2.51. The van der Waals surface area contributed by atoms with Gasteiger partial charge in [-0.25, -0.2) is 0 Å². The topological polar surface area (TPSA) is 187 Å². The second-order valence-corrected chi connectivity index (χ2v) is 6.48. The Balaban J connectivity index is 2.25. The van der Waals surface area contributed by atoms with Crippen LogP contribution in [0, 0.1) is 0 Å². The molecule has 2 aliphatic heterocycles. The number of aliphatic hydroxyl groups is 6. The quantitative estimate of drug-likeness (QED) is 0.228. The average molecular weight is 397 g/mol. The zero-order chi connectivity index (χ0) is 20.3. The lowest BCUT2D eigenvalue weighted by Gasteiger charge is -2.47. The molecule has 2 rings (SSSR count). The summed E-state index contributed by atoms with van der Waals surface area (Å²) in [5, 5.41) is 61.5. The standard InChI is InChI=1S/C15H27NO11/c1-5(19)16-8-13(10(21)7(4-18)25-14(8)24-2)27-15-12(23)11(22)9(20)6(3-17)26-15/h6-15,17-18,20-23H,3-4H2,1-2H3,(H,16,19)/t6-,7-,8-,9+,10+,11+,12-,13-,14-,15+/m1/s1. The summed E-state index contributed by atoms with van der Waals surface area (Å²) in [4.78, 5) is 11.5. The van der Waals surface area contributed by atoms with Gasteiger partial charge in [0, 0.05) is 14.0 Å². The molecular formula is C15H27NO11. The number of methoxy groups -OCH3 is 1. The molecule has 10 atom stereocenters. The van der Waals surface area contributed by atoms with Crippen LogP contribution in [0.2, 0.25) is 0 Å². The SMILES string of the molecule is CO[C@@H]1O[C@H](CO)[C@H](O)[C@H](O[C@@H]2O[C@H](CO)[C@H](O)[C@H](O)[C@H]2O)[C@H]1NC(C)=O. The van der Waals surface area contributed by atoms with Crippen LogP contribution in [0.4, 0.5) is 0 Å². The van der Waals surface area contributed by atoms with Gasteiger partial charge in [-0.15, -0.1) is 0 Å². The normalized spacial score (nSPS) is 45.5. The van der Waals surface area contributed by atoms with E-state index in [4.69, 9.17) is 18.9 Å². The molecular weight excluding hydrogens is 370 g/mol. The first kappa shape index (κ1) is 22.4. The van der Waals surface area contributed by atoms with Crippen LogP contribution in [0.3, 0.4) is 0 Å². The zero-order valence-corrected chi connectivity index (χ0v) is 14.9. The molecule has 27 heavy (non-hydrogen) atoms. The largest absolute Gasteiger partial charge is 0.394 e. The second kappa shape index (κ2) is 9.52. The van der Waals surface area contributed by atoms with Gasteiger partial charge in [0.2, 0.25) is 5.91 Å². The lowest BCUT2D eigenvalue weighted by Crippen LogP contribution is -2.68. The molecule has 2 saturated heterocycles. The number of carbonyl (C=O) groups excluding carboxylic acids is 1. The molecule has 0 bridgehead atoms. The highest BCUT2D eigenvalue weighted by molar-refractivity contribution is 5.73. The zero-order valence-electron chi connectivity index (χ0n) is 14.9. The van der Waals surface area contributed by atoms with Gasteiger partial charge in [0.05, 0.1) is 13.2 Å². The number of amides is 1. The minimum atomic E-state index is -1.70. The van der Waals surface area contributed by atoms with E-state index in [0.29, 0.717) is 0 Å². The summed E-state index contributed by atoms with van der Waals surface area (Å²) < 4.78 is 21.4. The van der Waals surface area contributed by atoms with Gasteiger partial charge in [-0.3, -0.25) is 4.79 Å². The van der Waals surface area contributed by atoms with Crippen molar-refractivity contribution >= 4 is 5.91 Å². The number of ether oxygens (including phenoxy) is 4. The smallest absolute Gasteiger partial charge is 0.217 e. The van der Waals surface area contributed by atoms with Gasteiger partial charge in [-0.1, -0.05) is 0 Å². The van der Waals surface area contributed by atoms with Gasteiger partial charge in [-0.05, 0) is 0 Å². The van der Waals surface area contributed by atoms with Gasteiger partial charge >= 0.3 is 0 Å². The first-order chi connectivity index (χ1) is 12.7. The lowest BCUT2D eigenvalue weighted by atomic mass is 9.95. The molecule has 0 aromatic heterocycles. The van der Waals surface area contributed by atoms with E-state index in [1.807, 2.05) is 0 Å². The van der Waals surface area contributed by atoms with Crippen molar-refractivity contribution in [1.82, 2.24) is 5.32 Å². The molecule has 0 aromatic rings. The molecule has 0 aromatic carbocycles. The van der Waals surface area contributed by atoms with Gasteiger partial charge in [0.15, 0.2) is 12.6 Å². The van der Waals surface area contributed by atoms with E-state index in [2.05, 4.69) is 5.32 Å². The monoisotopic (exact) mass is 397 g/mol. The summed E-state index contributed by atoms with van der Waals surface area (Å²) in [5.41, 5.74) is 0. The fourth-order valence-corrected chi connectivity index (χ4v) is 3.15.